The van der Waals surface area contributed by atoms with Crippen LogP contribution in [0.15, 0.2) is 18.2 Å². The highest BCUT2D eigenvalue weighted by atomic mass is 32.1. The normalized spacial score (nSPS) is 12.3. The summed E-state index contributed by atoms with van der Waals surface area (Å²) in [6.07, 6.45) is 0. The molecule has 3 N–H and O–H groups in total. The summed E-state index contributed by atoms with van der Waals surface area (Å²) in [5.74, 6) is 0.0549. The summed E-state index contributed by atoms with van der Waals surface area (Å²) < 4.78 is 0. The molecule has 0 bridgehead atoms. The number of rotatable bonds is 4. The van der Waals surface area contributed by atoms with Crippen LogP contribution in [0, 0.1) is 19.8 Å². The third-order valence-corrected chi connectivity index (χ3v) is 3.15. The number of thiocarbonyl (C=S) groups is 1. The minimum Gasteiger partial charge on any atom is -0.392 e. The topological polar surface area (TPSA) is 55.1 Å². The van der Waals surface area contributed by atoms with Gasteiger partial charge in [0.05, 0.1) is 11.0 Å². The average Bonchev–Trinajstić information content (AvgIpc) is 2.28. The Morgan fingerprint density at radius 3 is 2.44 bits per heavy atom. The van der Waals surface area contributed by atoms with Crippen LogP contribution in [0.2, 0.25) is 0 Å². The Labute approximate surface area is 114 Å². The molecule has 0 aliphatic carbocycles. The van der Waals surface area contributed by atoms with Gasteiger partial charge in [-0.2, -0.15) is 0 Å². The third kappa shape index (κ3) is 3.53. The fourth-order valence-corrected chi connectivity index (χ4v) is 2.10. The lowest BCUT2D eigenvalue weighted by atomic mass is 10.0. The van der Waals surface area contributed by atoms with Gasteiger partial charge in [0.2, 0.25) is 0 Å². The summed E-state index contributed by atoms with van der Waals surface area (Å²) in [7, 11) is 0. The van der Waals surface area contributed by atoms with Crippen molar-refractivity contribution < 1.29 is 4.79 Å². The van der Waals surface area contributed by atoms with Crippen LogP contribution in [-0.2, 0) is 0 Å². The molecule has 1 rings (SSSR count). The lowest BCUT2D eigenvalue weighted by Gasteiger charge is -2.21. The zero-order chi connectivity index (χ0) is 13.9. The smallest absolute Gasteiger partial charge is 0.252 e. The second-order valence-electron chi connectivity index (χ2n) is 4.92. The molecule has 0 saturated carbocycles. The van der Waals surface area contributed by atoms with Crippen LogP contribution in [0.4, 0.5) is 0 Å². The Morgan fingerprint density at radius 1 is 1.33 bits per heavy atom. The molecule has 0 heterocycles. The summed E-state index contributed by atoms with van der Waals surface area (Å²) in [6.45, 7) is 7.84. The van der Waals surface area contributed by atoms with E-state index in [1.807, 2.05) is 45.9 Å². The minimum absolute atomic E-state index is 0.123. The Morgan fingerprint density at radius 2 is 1.94 bits per heavy atom. The van der Waals surface area contributed by atoms with Gasteiger partial charge in [-0.1, -0.05) is 43.8 Å². The van der Waals surface area contributed by atoms with Gasteiger partial charge in [0, 0.05) is 5.56 Å². The molecule has 1 aromatic carbocycles. The van der Waals surface area contributed by atoms with Crippen LogP contribution >= 0.6 is 12.2 Å². The molecule has 0 aromatic heterocycles. The van der Waals surface area contributed by atoms with Crippen molar-refractivity contribution in [1.82, 2.24) is 5.32 Å². The van der Waals surface area contributed by atoms with Crippen molar-refractivity contribution in [2.24, 2.45) is 11.7 Å². The van der Waals surface area contributed by atoms with Crippen molar-refractivity contribution in [3.05, 3.63) is 34.9 Å². The van der Waals surface area contributed by atoms with Crippen LogP contribution in [0.5, 0.6) is 0 Å². The van der Waals surface area contributed by atoms with E-state index in [-0.39, 0.29) is 17.9 Å². The van der Waals surface area contributed by atoms with Crippen molar-refractivity contribution in [3.63, 3.8) is 0 Å². The summed E-state index contributed by atoms with van der Waals surface area (Å²) in [6, 6.07) is 5.53. The summed E-state index contributed by atoms with van der Waals surface area (Å²) in [4.78, 5) is 12.5. The van der Waals surface area contributed by atoms with E-state index in [9.17, 15) is 4.79 Å². The number of nitrogens with two attached hydrogens (primary N) is 1. The molecule has 0 fully saturated rings. The maximum atomic E-state index is 12.2. The number of benzene rings is 1. The molecule has 0 aliphatic heterocycles. The summed E-state index contributed by atoms with van der Waals surface area (Å²) in [5.41, 5.74) is 8.33. The fourth-order valence-electron chi connectivity index (χ4n) is 1.77. The van der Waals surface area contributed by atoms with Crippen LogP contribution in [-0.4, -0.2) is 16.9 Å². The Kier molecular flexibility index (Phi) is 4.84. The lowest BCUT2D eigenvalue weighted by molar-refractivity contribution is 0.0939. The predicted molar refractivity (Wildman–Crippen MR) is 78.8 cm³/mol. The number of hydrogen-bond acceptors (Lipinski definition) is 2. The van der Waals surface area contributed by atoms with Gasteiger partial charge in [-0.3, -0.25) is 4.79 Å². The minimum atomic E-state index is -0.271. The molecule has 1 unspecified atom stereocenters. The molecule has 0 saturated heterocycles. The van der Waals surface area contributed by atoms with E-state index in [4.69, 9.17) is 18.0 Å². The van der Waals surface area contributed by atoms with Crippen molar-refractivity contribution in [2.45, 2.75) is 33.7 Å². The van der Waals surface area contributed by atoms with Gasteiger partial charge in [0.25, 0.3) is 5.91 Å². The van der Waals surface area contributed by atoms with Crippen molar-refractivity contribution in [3.8, 4) is 0 Å². The maximum absolute atomic E-state index is 12.2. The van der Waals surface area contributed by atoms with E-state index >= 15 is 0 Å². The predicted octanol–water partition coefficient (Wildman–Crippen LogP) is 2.34. The molecule has 0 radical (unpaired) electrons. The van der Waals surface area contributed by atoms with E-state index < -0.39 is 0 Å². The van der Waals surface area contributed by atoms with E-state index in [2.05, 4.69) is 5.32 Å². The summed E-state index contributed by atoms with van der Waals surface area (Å²) in [5, 5.41) is 2.90. The zero-order valence-electron chi connectivity index (χ0n) is 11.3. The molecular weight excluding hydrogens is 244 g/mol. The van der Waals surface area contributed by atoms with Gasteiger partial charge in [0.1, 0.15) is 0 Å². The number of carbonyl (C=O) groups excluding carboxylic acids is 1. The van der Waals surface area contributed by atoms with Crippen molar-refractivity contribution in [1.29, 1.82) is 0 Å². The Hall–Kier alpha value is -1.42. The number of carbonyl (C=O) groups is 1. The van der Waals surface area contributed by atoms with Crippen LogP contribution in [0.3, 0.4) is 0 Å². The first-order chi connectivity index (χ1) is 8.32. The van der Waals surface area contributed by atoms with Gasteiger partial charge >= 0.3 is 0 Å². The highest BCUT2D eigenvalue weighted by molar-refractivity contribution is 7.80. The number of aryl methyl sites for hydroxylation is 2. The molecular formula is C14H20N2OS. The van der Waals surface area contributed by atoms with E-state index in [1.54, 1.807) is 0 Å². The molecule has 18 heavy (non-hydrogen) atoms. The first kappa shape index (κ1) is 14.6. The number of amides is 1. The highest BCUT2D eigenvalue weighted by Crippen LogP contribution is 2.12. The second-order valence-corrected chi connectivity index (χ2v) is 5.39. The van der Waals surface area contributed by atoms with E-state index in [0.717, 1.165) is 11.1 Å². The lowest BCUT2D eigenvalue weighted by Crippen LogP contribution is -2.47. The van der Waals surface area contributed by atoms with Gasteiger partial charge in [-0.15, -0.1) is 0 Å². The zero-order valence-corrected chi connectivity index (χ0v) is 12.1. The van der Waals surface area contributed by atoms with Crippen LogP contribution < -0.4 is 11.1 Å². The van der Waals surface area contributed by atoms with Crippen LogP contribution in [0.25, 0.3) is 0 Å². The van der Waals surface area contributed by atoms with Gasteiger partial charge < -0.3 is 11.1 Å². The molecule has 3 nitrogen and oxygen atoms in total. The summed E-state index contributed by atoms with van der Waals surface area (Å²) >= 11 is 4.98. The fraction of sp³-hybridized carbons (Fsp3) is 0.429. The average molecular weight is 264 g/mol. The third-order valence-electron chi connectivity index (χ3n) is 2.90. The number of hydrogen-bond donors (Lipinski definition) is 2. The van der Waals surface area contributed by atoms with Gasteiger partial charge in [-0.05, 0) is 31.4 Å². The first-order valence-corrected chi connectivity index (χ1v) is 6.41. The van der Waals surface area contributed by atoms with Crippen molar-refractivity contribution in [2.75, 3.05) is 0 Å². The van der Waals surface area contributed by atoms with Gasteiger partial charge in [-0.25, -0.2) is 0 Å². The molecule has 0 aliphatic rings. The molecule has 1 amide bonds. The standard InChI is InChI=1S/C14H20N2OS/c1-8(2)12(13(15)18)16-14(17)11-7-9(3)5-6-10(11)4/h5-8,12H,1-4H3,(H2,15,18)(H,16,17). The van der Waals surface area contributed by atoms with E-state index in [0.29, 0.717) is 10.6 Å². The monoisotopic (exact) mass is 264 g/mol. The largest absolute Gasteiger partial charge is 0.392 e. The molecule has 0 spiro atoms. The van der Waals surface area contributed by atoms with Crippen LogP contribution in [0.1, 0.15) is 35.3 Å². The SMILES string of the molecule is Cc1ccc(C)c(C(=O)NC(C(N)=S)C(C)C)c1. The second kappa shape index (κ2) is 5.96. The molecule has 1 atom stereocenters. The Balaban J connectivity index is 2.94. The molecule has 1 aromatic rings. The van der Waals surface area contributed by atoms with E-state index in [1.165, 1.54) is 0 Å². The van der Waals surface area contributed by atoms with Gasteiger partial charge in [0.15, 0.2) is 0 Å². The maximum Gasteiger partial charge on any atom is 0.252 e. The quantitative estimate of drug-likeness (QED) is 0.821. The molecule has 98 valence electrons. The number of nitrogens with one attached hydrogen (secondary N) is 1. The Bertz CT molecular complexity index is 469. The first-order valence-electron chi connectivity index (χ1n) is 6.00. The molecule has 4 heteroatoms. The highest BCUT2D eigenvalue weighted by Gasteiger charge is 2.20. The van der Waals surface area contributed by atoms with Crippen molar-refractivity contribution >= 4 is 23.1 Å².